The Hall–Kier alpha value is -2.29. The molecule has 1 atom stereocenters. The summed E-state index contributed by atoms with van der Waals surface area (Å²) in [5.41, 5.74) is 7.42. The largest absolute Gasteiger partial charge is 0.372 e. The van der Waals surface area contributed by atoms with E-state index in [-0.39, 0.29) is 11.6 Å². The summed E-state index contributed by atoms with van der Waals surface area (Å²) in [5, 5.41) is 26.9. The van der Waals surface area contributed by atoms with Gasteiger partial charge in [0.2, 0.25) is 0 Å². The number of likely N-dealkylation sites (tertiary alicyclic amines) is 1. The minimum Gasteiger partial charge on any atom is -0.372 e. The van der Waals surface area contributed by atoms with Crippen molar-refractivity contribution >= 4 is 0 Å². The van der Waals surface area contributed by atoms with E-state index in [1.54, 1.807) is 6.92 Å². The zero-order chi connectivity index (χ0) is 13.7. The second-order valence-corrected chi connectivity index (χ2v) is 4.29. The summed E-state index contributed by atoms with van der Waals surface area (Å²) in [6.45, 7) is 4.96. The first-order valence-corrected chi connectivity index (χ1v) is 5.68. The fourth-order valence-corrected chi connectivity index (χ4v) is 2.00. The highest BCUT2D eigenvalue weighted by molar-refractivity contribution is 5.54. The Morgan fingerprint density at radius 2 is 1.78 bits per heavy atom. The molecule has 5 heteroatoms. The fourth-order valence-electron chi connectivity index (χ4n) is 2.00. The van der Waals surface area contributed by atoms with E-state index in [0.717, 1.165) is 18.7 Å². The summed E-state index contributed by atoms with van der Waals surface area (Å²) in [6.07, 6.45) is 0.891. The lowest BCUT2D eigenvalue weighted by atomic mass is 10.0. The lowest BCUT2D eigenvalue weighted by molar-refractivity contribution is 0.418. The average Bonchev–Trinajstić information content (AvgIpc) is 2.78. The van der Waals surface area contributed by atoms with Gasteiger partial charge in [-0.15, -0.1) is 0 Å². The van der Waals surface area contributed by atoms with Gasteiger partial charge in [-0.1, -0.05) is 0 Å². The van der Waals surface area contributed by atoms with Gasteiger partial charge in [-0.2, -0.15) is 15.8 Å². The molecule has 1 fully saturated rings. The molecule has 1 saturated heterocycles. The third-order valence-electron chi connectivity index (χ3n) is 3.15. The molecule has 1 heterocycles. The summed E-state index contributed by atoms with van der Waals surface area (Å²) in [5.74, 6) is 0. The van der Waals surface area contributed by atoms with E-state index in [1.165, 1.54) is 0 Å². The van der Waals surface area contributed by atoms with Crippen LogP contribution in [-0.2, 0) is 0 Å². The molecule has 0 amide bonds. The summed E-state index contributed by atoms with van der Waals surface area (Å²) in [4.78, 5) is 2.03. The molecule has 1 unspecified atom stereocenters. The maximum Gasteiger partial charge on any atom is 0.133 e. The highest BCUT2D eigenvalue weighted by atomic mass is 15.2. The first kappa shape index (κ1) is 13.8. The van der Waals surface area contributed by atoms with E-state index in [9.17, 15) is 5.26 Å². The number of allylic oxidation sites excluding steroid dienone is 4. The van der Waals surface area contributed by atoms with Crippen molar-refractivity contribution in [2.24, 2.45) is 5.73 Å². The summed E-state index contributed by atoms with van der Waals surface area (Å²) >= 11 is 0. The number of nitriles is 3. The molecule has 1 aliphatic rings. The van der Waals surface area contributed by atoms with E-state index in [4.69, 9.17) is 16.3 Å². The molecule has 0 spiro atoms. The van der Waals surface area contributed by atoms with Crippen LogP contribution in [-0.4, -0.2) is 24.0 Å². The molecule has 92 valence electrons. The second kappa shape index (κ2) is 5.87. The van der Waals surface area contributed by atoms with E-state index >= 15 is 0 Å². The van der Waals surface area contributed by atoms with Gasteiger partial charge in [0, 0.05) is 24.8 Å². The molecule has 2 N–H and O–H groups in total. The van der Waals surface area contributed by atoms with Gasteiger partial charge < -0.3 is 10.6 Å². The molecule has 0 aromatic rings. The standard InChI is InChI=1S/C13H15N5/c1-9(11(5-14)6-15)13(7-16)10(2)18-4-3-12(17)8-18/h12H,3-4,8,17H2,1-2H3/b13-10+. The Bertz CT molecular complexity index is 505. The van der Waals surface area contributed by atoms with Crippen LogP contribution in [0.15, 0.2) is 22.4 Å². The fraction of sp³-hybridized carbons (Fsp3) is 0.462. The van der Waals surface area contributed by atoms with Crippen molar-refractivity contribution in [2.45, 2.75) is 26.3 Å². The minimum absolute atomic E-state index is 0.0191. The SMILES string of the molecule is CC(=C(C#N)C#N)/C(C#N)=C(\C)N1CCC(N)C1. The third-order valence-corrected chi connectivity index (χ3v) is 3.15. The van der Waals surface area contributed by atoms with E-state index in [1.807, 2.05) is 24.0 Å². The van der Waals surface area contributed by atoms with E-state index in [0.29, 0.717) is 17.7 Å². The van der Waals surface area contributed by atoms with Crippen molar-refractivity contribution in [3.63, 3.8) is 0 Å². The second-order valence-electron chi connectivity index (χ2n) is 4.29. The Morgan fingerprint density at radius 1 is 1.17 bits per heavy atom. The minimum atomic E-state index is -0.0191. The Morgan fingerprint density at radius 3 is 2.17 bits per heavy atom. The normalized spacial score (nSPS) is 19.3. The van der Waals surface area contributed by atoms with E-state index in [2.05, 4.69) is 6.07 Å². The number of nitrogens with zero attached hydrogens (tertiary/aromatic N) is 4. The van der Waals surface area contributed by atoms with Crippen LogP contribution in [0.1, 0.15) is 20.3 Å². The van der Waals surface area contributed by atoms with Gasteiger partial charge in [0.1, 0.15) is 23.8 Å². The summed E-state index contributed by atoms with van der Waals surface area (Å²) < 4.78 is 0. The predicted molar refractivity (Wildman–Crippen MR) is 66.4 cm³/mol. The van der Waals surface area contributed by atoms with Gasteiger partial charge in [0.05, 0.1) is 5.57 Å². The van der Waals surface area contributed by atoms with Crippen molar-refractivity contribution in [3.8, 4) is 18.2 Å². The van der Waals surface area contributed by atoms with E-state index < -0.39 is 0 Å². The number of nitrogens with two attached hydrogens (primary N) is 1. The number of rotatable bonds is 2. The summed E-state index contributed by atoms with van der Waals surface area (Å²) in [6, 6.07) is 5.82. The van der Waals surface area contributed by atoms with Crippen LogP contribution in [0, 0.1) is 34.0 Å². The first-order chi connectivity index (χ1) is 8.54. The maximum absolute atomic E-state index is 9.21. The van der Waals surface area contributed by atoms with Crippen LogP contribution in [0.25, 0.3) is 0 Å². The monoisotopic (exact) mass is 241 g/mol. The van der Waals surface area contributed by atoms with Crippen LogP contribution < -0.4 is 5.73 Å². The molecular weight excluding hydrogens is 226 g/mol. The Balaban J connectivity index is 3.19. The topological polar surface area (TPSA) is 101 Å². The molecule has 0 bridgehead atoms. The molecule has 0 aliphatic carbocycles. The molecular formula is C13H15N5. The molecule has 1 aliphatic heterocycles. The third kappa shape index (κ3) is 2.69. The molecule has 0 aromatic heterocycles. The highest BCUT2D eigenvalue weighted by Crippen LogP contribution is 2.22. The smallest absolute Gasteiger partial charge is 0.133 e. The van der Waals surface area contributed by atoms with Crippen LogP contribution in [0.4, 0.5) is 0 Å². The zero-order valence-corrected chi connectivity index (χ0v) is 10.6. The van der Waals surface area contributed by atoms with Gasteiger partial charge in [-0.3, -0.25) is 0 Å². The summed E-state index contributed by atoms with van der Waals surface area (Å²) in [7, 11) is 0. The van der Waals surface area contributed by atoms with Crippen LogP contribution in [0.2, 0.25) is 0 Å². The van der Waals surface area contributed by atoms with Crippen molar-refractivity contribution in [1.82, 2.24) is 4.90 Å². The van der Waals surface area contributed by atoms with Gasteiger partial charge in [-0.05, 0) is 25.8 Å². The Labute approximate surface area is 107 Å². The van der Waals surface area contributed by atoms with Crippen molar-refractivity contribution in [3.05, 3.63) is 22.4 Å². The highest BCUT2D eigenvalue weighted by Gasteiger charge is 2.22. The molecule has 0 aromatic carbocycles. The molecule has 5 nitrogen and oxygen atoms in total. The first-order valence-electron chi connectivity index (χ1n) is 5.68. The van der Waals surface area contributed by atoms with Crippen LogP contribution in [0.5, 0.6) is 0 Å². The van der Waals surface area contributed by atoms with Crippen LogP contribution in [0.3, 0.4) is 0 Å². The maximum atomic E-state index is 9.21. The molecule has 0 saturated carbocycles. The average molecular weight is 241 g/mol. The van der Waals surface area contributed by atoms with Gasteiger partial charge in [0.15, 0.2) is 0 Å². The lowest BCUT2D eigenvalue weighted by Crippen LogP contribution is -2.26. The quantitative estimate of drug-likeness (QED) is 0.578. The van der Waals surface area contributed by atoms with Gasteiger partial charge in [-0.25, -0.2) is 0 Å². The number of hydrogen-bond donors (Lipinski definition) is 1. The predicted octanol–water partition coefficient (Wildman–Crippen LogP) is 1.18. The van der Waals surface area contributed by atoms with Gasteiger partial charge in [0.25, 0.3) is 0 Å². The number of hydrogen-bond acceptors (Lipinski definition) is 5. The molecule has 1 rings (SSSR count). The van der Waals surface area contributed by atoms with Crippen molar-refractivity contribution in [2.75, 3.05) is 13.1 Å². The lowest BCUT2D eigenvalue weighted by Gasteiger charge is -2.20. The van der Waals surface area contributed by atoms with Crippen molar-refractivity contribution in [1.29, 1.82) is 15.8 Å². The van der Waals surface area contributed by atoms with Gasteiger partial charge >= 0.3 is 0 Å². The van der Waals surface area contributed by atoms with Crippen LogP contribution >= 0.6 is 0 Å². The molecule has 0 radical (unpaired) electrons. The Kier molecular flexibility index (Phi) is 4.49. The molecule has 18 heavy (non-hydrogen) atoms. The zero-order valence-electron chi connectivity index (χ0n) is 10.6. The van der Waals surface area contributed by atoms with Crippen molar-refractivity contribution < 1.29 is 0 Å².